The third kappa shape index (κ3) is 3.83. The fourth-order valence-corrected chi connectivity index (χ4v) is 3.48. The molecule has 1 aromatic carbocycles. The van der Waals surface area contributed by atoms with Crippen LogP contribution in [0.25, 0.3) is 11.2 Å². The van der Waals surface area contributed by atoms with Crippen LogP contribution in [-0.2, 0) is 4.79 Å². The molecule has 0 bridgehead atoms. The number of ketones is 1. The number of benzene rings is 1. The number of anilines is 2. The number of amides is 1. The Morgan fingerprint density at radius 3 is 2.64 bits per heavy atom. The summed E-state index contributed by atoms with van der Waals surface area (Å²) >= 11 is 0. The first-order chi connectivity index (χ1) is 13.6. The number of fused-ring (bicyclic) bond motifs is 1. The number of pyridine rings is 1. The van der Waals surface area contributed by atoms with Crippen molar-refractivity contribution in [2.45, 2.75) is 19.8 Å². The van der Waals surface area contributed by atoms with Crippen molar-refractivity contribution in [3.05, 3.63) is 54.5 Å². The largest absolute Gasteiger partial charge is 0.370 e. The minimum absolute atomic E-state index is 0.00264. The lowest BCUT2D eigenvalue weighted by atomic mass is 9.95. The van der Waals surface area contributed by atoms with Crippen molar-refractivity contribution >= 4 is 34.2 Å². The molecular weight excluding hydrogens is 354 g/mol. The topological polar surface area (TPSA) is 88.1 Å². The van der Waals surface area contributed by atoms with E-state index in [4.69, 9.17) is 0 Å². The highest BCUT2D eigenvalue weighted by Gasteiger charge is 2.25. The normalized spacial score (nSPS) is 14.8. The van der Waals surface area contributed by atoms with Crippen LogP contribution in [-0.4, -0.2) is 39.7 Å². The number of hydrogen-bond acceptors (Lipinski definition) is 6. The van der Waals surface area contributed by atoms with Gasteiger partial charge in [-0.05, 0) is 38.0 Å². The maximum atomic E-state index is 12.6. The van der Waals surface area contributed by atoms with Gasteiger partial charge in [0, 0.05) is 42.7 Å². The number of hydrogen-bond donors (Lipinski definition) is 1. The highest BCUT2D eigenvalue weighted by Crippen LogP contribution is 2.25. The molecule has 0 aliphatic carbocycles. The second kappa shape index (κ2) is 7.72. The third-order valence-corrected chi connectivity index (χ3v) is 5.08. The van der Waals surface area contributed by atoms with Crippen molar-refractivity contribution in [1.82, 2.24) is 15.0 Å². The van der Waals surface area contributed by atoms with E-state index in [2.05, 4.69) is 25.2 Å². The molecule has 0 saturated carbocycles. The zero-order valence-electron chi connectivity index (χ0n) is 15.6. The van der Waals surface area contributed by atoms with E-state index in [0.29, 0.717) is 16.9 Å². The predicted octanol–water partition coefficient (Wildman–Crippen LogP) is 3.08. The lowest BCUT2D eigenvalue weighted by Crippen LogP contribution is -2.38. The van der Waals surface area contributed by atoms with Crippen molar-refractivity contribution in [1.29, 1.82) is 0 Å². The monoisotopic (exact) mass is 375 g/mol. The highest BCUT2D eigenvalue weighted by atomic mass is 16.2. The number of piperidine rings is 1. The van der Waals surface area contributed by atoms with Crippen LogP contribution >= 0.6 is 0 Å². The Morgan fingerprint density at radius 2 is 1.86 bits per heavy atom. The van der Waals surface area contributed by atoms with Gasteiger partial charge in [0.1, 0.15) is 5.52 Å². The smallest absolute Gasteiger partial charge is 0.227 e. The van der Waals surface area contributed by atoms with Crippen molar-refractivity contribution < 1.29 is 9.59 Å². The highest BCUT2D eigenvalue weighted by molar-refractivity contribution is 5.97. The van der Waals surface area contributed by atoms with Crippen molar-refractivity contribution in [3.8, 4) is 0 Å². The zero-order valence-corrected chi connectivity index (χ0v) is 15.6. The molecule has 1 N–H and O–H groups in total. The summed E-state index contributed by atoms with van der Waals surface area (Å²) in [4.78, 5) is 39.2. The molecular formula is C21H21N5O2. The summed E-state index contributed by atoms with van der Waals surface area (Å²) < 4.78 is 0. The van der Waals surface area contributed by atoms with Crippen molar-refractivity contribution in [2.24, 2.45) is 5.92 Å². The van der Waals surface area contributed by atoms with E-state index in [1.54, 1.807) is 36.7 Å². The molecule has 142 valence electrons. The van der Waals surface area contributed by atoms with Crippen LogP contribution in [0.3, 0.4) is 0 Å². The number of nitrogens with one attached hydrogen (secondary N) is 1. The molecule has 0 atom stereocenters. The standard InChI is InChI=1S/C21H21N5O2/c1-14(27)16-3-2-4-17(11-16)25-21(28)15-5-9-26(10-6-15)18-12-19-20(24-13-18)23-8-7-22-19/h2-4,7-8,11-13,15H,5-6,9-10H2,1H3,(H,25,28). The zero-order chi connectivity index (χ0) is 19.5. The van der Waals surface area contributed by atoms with E-state index >= 15 is 0 Å². The van der Waals surface area contributed by atoms with Gasteiger partial charge in [0.15, 0.2) is 11.4 Å². The minimum atomic E-state index is -0.0505. The Balaban J connectivity index is 1.38. The lowest BCUT2D eigenvalue weighted by molar-refractivity contribution is -0.120. The molecule has 1 aliphatic rings. The maximum Gasteiger partial charge on any atom is 0.227 e. The van der Waals surface area contributed by atoms with Crippen LogP contribution < -0.4 is 10.2 Å². The number of carbonyl (C=O) groups excluding carboxylic acids is 2. The molecule has 1 saturated heterocycles. The molecule has 0 radical (unpaired) electrons. The predicted molar refractivity (Wildman–Crippen MR) is 107 cm³/mol. The number of carbonyl (C=O) groups is 2. The Morgan fingerprint density at radius 1 is 1.07 bits per heavy atom. The van der Waals surface area contributed by atoms with Gasteiger partial charge >= 0.3 is 0 Å². The summed E-state index contributed by atoms with van der Waals surface area (Å²) in [7, 11) is 0. The van der Waals surface area contributed by atoms with E-state index in [0.717, 1.165) is 37.1 Å². The Hall–Kier alpha value is -3.35. The Kier molecular flexibility index (Phi) is 4.97. The summed E-state index contributed by atoms with van der Waals surface area (Å²) in [5.74, 6) is -0.0635. The molecule has 1 amide bonds. The quantitative estimate of drug-likeness (QED) is 0.705. The number of aromatic nitrogens is 3. The fraction of sp³-hybridized carbons (Fsp3) is 0.286. The van der Waals surface area contributed by atoms with Gasteiger partial charge in [0.2, 0.25) is 5.91 Å². The molecule has 1 fully saturated rings. The molecule has 7 heteroatoms. The van der Waals surface area contributed by atoms with Gasteiger partial charge in [-0.15, -0.1) is 0 Å². The van der Waals surface area contributed by atoms with Crippen LogP contribution in [0.15, 0.2) is 48.9 Å². The van der Waals surface area contributed by atoms with Gasteiger partial charge in [-0.25, -0.2) is 9.97 Å². The Labute approximate surface area is 162 Å². The SMILES string of the molecule is CC(=O)c1cccc(NC(=O)C2CCN(c3cnc4nccnc4c3)CC2)c1. The molecule has 4 rings (SSSR count). The first kappa shape index (κ1) is 18.0. The van der Waals surface area contributed by atoms with Gasteiger partial charge in [-0.1, -0.05) is 12.1 Å². The van der Waals surface area contributed by atoms with Crippen molar-refractivity contribution in [3.63, 3.8) is 0 Å². The summed E-state index contributed by atoms with van der Waals surface area (Å²) in [5.41, 5.74) is 3.66. The first-order valence-electron chi connectivity index (χ1n) is 9.34. The fourth-order valence-electron chi connectivity index (χ4n) is 3.48. The van der Waals surface area contributed by atoms with Crippen LogP contribution in [0.2, 0.25) is 0 Å². The molecule has 1 aliphatic heterocycles. The van der Waals surface area contributed by atoms with Gasteiger partial charge in [-0.3, -0.25) is 14.6 Å². The van der Waals surface area contributed by atoms with Gasteiger partial charge in [0.05, 0.1) is 11.9 Å². The van der Waals surface area contributed by atoms with E-state index in [1.807, 2.05) is 12.3 Å². The average molecular weight is 375 g/mol. The van der Waals surface area contributed by atoms with Gasteiger partial charge in [-0.2, -0.15) is 0 Å². The number of rotatable bonds is 4. The molecule has 2 aromatic heterocycles. The van der Waals surface area contributed by atoms with E-state index in [9.17, 15) is 9.59 Å². The summed E-state index contributed by atoms with van der Waals surface area (Å²) in [6.07, 6.45) is 6.62. The second-order valence-corrected chi connectivity index (χ2v) is 6.98. The summed E-state index contributed by atoms with van der Waals surface area (Å²) in [6, 6.07) is 9.05. The second-order valence-electron chi connectivity index (χ2n) is 6.98. The molecule has 3 aromatic rings. The van der Waals surface area contributed by atoms with E-state index < -0.39 is 0 Å². The Bertz CT molecular complexity index is 1030. The molecule has 28 heavy (non-hydrogen) atoms. The van der Waals surface area contributed by atoms with Crippen LogP contribution in [0.1, 0.15) is 30.1 Å². The van der Waals surface area contributed by atoms with Gasteiger partial charge < -0.3 is 10.2 Å². The minimum Gasteiger partial charge on any atom is -0.370 e. The molecule has 3 heterocycles. The van der Waals surface area contributed by atoms with Crippen LogP contribution in [0.5, 0.6) is 0 Å². The van der Waals surface area contributed by atoms with Crippen LogP contribution in [0.4, 0.5) is 11.4 Å². The number of Topliss-reactive ketones (excluding diaryl/α,β-unsaturated/α-hetero) is 1. The summed E-state index contributed by atoms with van der Waals surface area (Å²) in [6.45, 7) is 3.07. The summed E-state index contributed by atoms with van der Waals surface area (Å²) in [5, 5.41) is 2.95. The van der Waals surface area contributed by atoms with Gasteiger partial charge in [0.25, 0.3) is 0 Å². The third-order valence-electron chi connectivity index (χ3n) is 5.08. The molecule has 0 unspecified atom stereocenters. The van der Waals surface area contributed by atoms with Crippen LogP contribution in [0, 0.1) is 5.92 Å². The lowest BCUT2D eigenvalue weighted by Gasteiger charge is -2.32. The first-order valence-corrected chi connectivity index (χ1v) is 9.34. The van der Waals surface area contributed by atoms with E-state index in [1.165, 1.54) is 6.92 Å². The number of nitrogens with zero attached hydrogens (tertiary/aromatic N) is 4. The molecule has 7 nitrogen and oxygen atoms in total. The van der Waals surface area contributed by atoms with Crippen molar-refractivity contribution in [2.75, 3.05) is 23.3 Å². The maximum absolute atomic E-state index is 12.6. The molecule has 0 spiro atoms. The van der Waals surface area contributed by atoms with E-state index in [-0.39, 0.29) is 17.6 Å². The average Bonchev–Trinajstić information content (AvgIpc) is 2.73.